The highest BCUT2D eigenvalue weighted by Gasteiger charge is 2.38. The predicted octanol–water partition coefficient (Wildman–Crippen LogP) is 2.99. The predicted molar refractivity (Wildman–Crippen MR) is 134 cm³/mol. The van der Waals surface area contributed by atoms with Gasteiger partial charge in [-0.2, -0.15) is 0 Å². The van der Waals surface area contributed by atoms with Gasteiger partial charge in [0.15, 0.2) is 0 Å². The van der Waals surface area contributed by atoms with Crippen molar-refractivity contribution in [2.75, 3.05) is 33.2 Å². The molecule has 1 heterocycles. The molecule has 1 fully saturated rings. The maximum atomic E-state index is 13.2. The van der Waals surface area contributed by atoms with E-state index < -0.39 is 11.5 Å². The third kappa shape index (κ3) is 6.34. The highest BCUT2D eigenvalue weighted by Crippen LogP contribution is 2.35. The number of carbonyl (C=O) groups is 2. The van der Waals surface area contributed by atoms with E-state index in [2.05, 4.69) is 16.8 Å². The van der Waals surface area contributed by atoms with Crippen molar-refractivity contribution in [3.8, 4) is 0 Å². The third-order valence-electron chi connectivity index (χ3n) is 6.75. The Kier molecular flexibility index (Phi) is 9.05. The Bertz CT molecular complexity index is 949. The number of allylic oxidation sites excluding steroid dienone is 3. The fourth-order valence-corrected chi connectivity index (χ4v) is 4.85. The van der Waals surface area contributed by atoms with Gasteiger partial charge in [-0.1, -0.05) is 42.0 Å². The summed E-state index contributed by atoms with van der Waals surface area (Å²) in [6, 6.07) is 5.35. The zero-order chi connectivity index (χ0) is 24.7. The smallest absolute Gasteiger partial charge is 0.240 e. The summed E-state index contributed by atoms with van der Waals surface area (Å²) in [5.74, 6) is -0.438. The van der Waals surface area contributed by atoms with Crippen LogP contribution in [0.3, 0.4) is 0 Å². The molecule has 2 amide bonds. The lowest BCUT2D eigenvalue weighted by molar-refractivity contribution is -0.137. The summed E-state index contributed by atoms with van der Waals surface area (Å²) in [6.45, 7) is 6.53. The molecule has 1 aromatic carbocycles. The van der Waals surface area contributed by atoms with Crippen molar-refractivity contribution in [1.82, 2.24) is 15.1 Å². The molecule has 1 aromatic rings. The van der Waals surface area contributed by atoms with Crippen LogP contribution in [0.2, 0.25) is 0 Å². The Morgan fingerprint density at radius 1 is 1.35 bits per heavy atom. The molecule has 0 spiro atoms. The largest absolute Gasteiger partial charge is 0.358 e. The van der Waals surface area contributed by atoms with E-state index in [0.717, 1.165) is 12.1 Å². The van der Waals surface area contributed by atoms with Crippen LogP contribution in [0.15, 0.2) is 60.2 Å². The molecule has 2 aliphatic rings. The number of rotatable bonds is 9. The summed E-state index contributed by atoms with van der Waals surface area (Å²) in [4.78, 5) is 30.0. The van der Waals surface area contributed by atoms with Crippen LogP contribution in [-0.2, 0) is 16.0 Å². The van der Waals surface area contributed by atoms with Crippen molar-refractivity contribution in [3.63, 3.8) is 0 Å². The van der Waals surface area contributed by atoms with E-state index in [4.69, 9.17) is 17.3 Å². The molecule has 8 heteroatoms. The van der Waals surface area contributed by atoms with E-state index in [1.165, 1.54) is 12.1 Å². The van der Waals surface area contributed by atoms with Crippen LogP contribution >= 0.6 is 11.6 Å². The number of benzene rings is 1. The van der Waals surface area contributed by atoms with E-state index in [0.29, 0.717) is 50.3 Å². The number of piperazine rings is 1. The monoisotopic (exact) mass is 488 g/mol. The SMILES string of the molecule is C=CCC1CN(CCC2(C(=O)NC)C=CC(Cl)=CC2)CCN1C(=O)C(N)Cc1ccc(F)cc1. The molecule has 0 aromatic heterocycles. The first-order valence-corrected chi connectivity index (χ1v) is 12.1. The van der Waals surface area contributed by atoms with Gasteiger partial charge in [-0.15, -0.1) is 6.58 Å². The molecule has 184 valence electrons. The minimum atomic E-state index is -0.690. The summed E-state index contributed by atoms with van der Waals surface area (Å²) < 4.78 is 13.2. The van der Waals surface area contributed by atoms with E-state index in [1.54, 1.807) is 25.3 Å². The van der Waals surface area contributed by atoms with Gasteiger partial charge >= 0.3 is 0 Å². The number of nitrogens with one attached hydrogen (secondary N) is 1. The van der Waals surface area contributed by atoms with Gasteiger partial charge in [0.1, 0.15) is 5.82 Å². The molecule has 34 heavy (non-hydrogen) atoms. The molecule has 0 radical (unpaired) electrons. The Balaban J connectivity index is 1.62. The zero-order valence-electron chi connectivity index (χ0n) is 19.7. The fraction of sp³-hybridized carbons (Fsp3) is 0.462. The summed E-state index contributed by atoms with van der Waals surface area (Å²) in [6.07, 6.45) is 9.64. The summed E-state index contributed by atoms with van der Waals surface area (Å²) in [5.41, 5.74) is 6.46. The van der Waals surface area contributed by atoms with Crippen molar-refractivity contribution in [3.05, 3.63) is 71.6 Å². The highest BCUT2D eigenvalue weighted by molar-refractivity contribution is 6.31. The number of nitrogens with zero attached hydrogens (tertiary/aromatic N) is 2. The second-order valence-electron chi connectivity index (χ2n) is 9.06. The van der Waals surface area contributed by atoms with E-state index in [1.807, 2.05) is 23.1 Å². The van der Waals surface area contributed by atoms with Crippen LogP contribution in [0.5, 0.6) is 0 Å². The highest BCUT2D eigenvalue weighted by atomic mass is 35.5. The van der Waals surface area contributed by atoms with Crippen molar-refractivity contribution < 1.29 is 14.0 Å². The molecule has 6 nitrogen and oxygen atoms in total. The minimum Gasteiger partial charge on any atom is -0.358 e. The normalized spacial score (nSPS) is 23.8. The number of carbonyl (C=O) groups excluding carboxylic acids is 2. The fourth-order valence-electron chi connectivity index (χ4n) is 4.71. The number of nitrogens with two attached hydrogens (primary N) is 1. The number of hydrogen-bond acceptors (Lipinski definition) is 4. The van der Waals surface area contributed by atoms with Crippen LogP contribution in [-0.4, -0.2) is 66.9 Å². The summed E-state index contributed by atoms with van der Waals surface area (Å²) in [5, 5.41) is 3.43. The molecule has 3 unspecified atom stereocenters. The second-order valence-corrected chi connectivity index (χ2v) is 9.50. The number of amides is 2. The van der Waals surface area contributed by atoms with Gasteiger partial charge in [0.25, 0.3) is 0 Å². The molecular weight excluding hydrogens is 455 g/mol. The lowest BCUT2D eigenvalue weighted by Gasteiger charge is -2.43. The first kappa shape index (κ1) is 26.1. The Labute approximate surface area is 206 Å². The van der Waals surface area contributed by atoms with Crippen LogP contribution in [0.4, 0.5) is 4.39 Å². The molecule has 3 rings (SSSR count). The average Bonchev–Trinajstić information content (AvgIpc) is 2.84. The lowest BCUT2D eigenvalue weighted by Crippen LogP contribution is -2.59. The molecular formula is C26H34ClFN4O2. The lowest BCUT2D eigenvalue weighted by atomic mass is 9.77. The van der Waals surface area contributed by atoms with Gasteiger partial charge in [-0.05, 0) is 56.0 Å². The Morgan fingerprint density at radius 2 is 2.09 bits per heavy atom. The molecule has 3 N–H and O–H groups in total. The van der Waals surface area contributed by atoms with Crippen LogP contribution in [0, 0.1) is 11.2 Å². The summed E-state index contributed by atoms with van der Waals surface area (Å²) >= 11 is 6.08. The van der Waals surface area contributed by atoms with E-state index >= 15 is 0 Å². The summed E-state index contributed by atoms with van der Waals surface area (Å²) in [7, 11) is 1.65. The number of hydrogen-bond donors (Lipinski definition) is 2. The van der Waals surface area contributed by atoms with Crippen molar-refractivity contribution in [2.45, 2.75) is 37.8 Å². The topological polar surface area (TPSA) is 78.7 Å². The third-order valence-corrected chi connectivity index (χ3v) is 7.03. The number of halogens is 2. The average molecular weight is 489 g/mol. The van der Waals surface area contributed by atoms with E-state index in [-0.39, 0.29) is 23.7 Å². The van der Waals surface area contributed by atoms with Gasteiger partial charge in [0, 0.05) is 37.8 Å². The standard InChI is InChI=1S/C26H34ClFN4O2/c1-3-4-22-18-31(14-13-26(25(34)30-2)11-9-20(27)10-12-26)15-16-32(22)24(33)23(29)17-19-5-7-21(28)8-6-19/h3,5-11,22-23H,1,4,12-18,29H2,2H3,(H,30,34). The van der Waals surface area contributed by atoms with Crippen LogP contribution in [0.1, 0.15) is 24.8 Å². The minimum absolute atomic E-state index is 0.0209. The van der Waals surface area contributed by atoms with Crippen LogP contribution < -0.4 is 11.1 Å². The van der Waals surface area contributed by atoms with E-state index in [9.17, 15) is 14.0 Å². The van der Waals surface area contributed by atoms with Gasteiger partial charge in [-0.3, -0.25) is 14.5 Å². The first-order valence-electron chi connectivity index (χ1n) is 11.7. The first-order chi connectivity index (χ1) is 16.3. The quantitative estimate of drug-likeness (QED) is 0.524. The zero-order valence-corrected chi connectivity index (χ0v) is 20.4. The van der Waals surface area contributed by atoms with Crippen molar-refractivity contribution >= 4 is 23.4 Å². The maximum Gasteiger partial charge on any atom is 0.240 e. The van der Waals surface area contributed by atoms with Gasteiger partial charge < -0.3 is 16.0 Å². The van der Waals surface area contributed by atoms with Gasteiger partial charge in [0.05, 0.1) is 11.5 Å². The van der Waals surface area contributed by atoms with Gasteiger partial charge in [-0.25, -0.2) is 4.39 Å². The molecule has 1 aliphatic carbocycles. The van der Waals surface area contributed by atoms with Gasteiger partial charge in [0.2, 0.25) is 11.8 Å². The molecule has 1 aliphatic heterocycles. The van der Waals surface area contributed by atoms with Crippen LogP contribution in [0.25, 0.3) is 0 Å². The molecule has 1 saturated heterocycles. The Morgan fingerprint density at radius 3 is 2.71 bits per heavy atom. The van der Waals surface area contributed by atoms with Crippen molar-refractivity contribution in [1.29, 1.82) is 0 Å². The maximum absolute atomic E-state index is 13.2. The molecule has 0 saturated carbocycles. The molecule has 3 atom stereocenters. The second kappa shape index (κ2) is 11.8. The Hall–Kier alpha value is -2.48. The van der Waals surface area contributed by atoms with Crippen molar-refractivity contribution in [2.24, 2.45) is 11.1 Å². The molecule has 0 bridgehead atoms.